The molecule has 1 heterocycles. The van der Waals surface area contributed by atoms with Gasteiger partial charge in [0.05, 0.1) is 5.69 Å². The maximum Gasteiger partial charge on any atom is 0.166 e. The fraction of sp³-hybridized carbons (Fsp3) is 0.500. The Hall–Kier alpha value is -0.750. The molecule has 1 rings (SSSR count). The first-order valence-corrected chi connectivity index (χ1v) is 5.74. The first kappa shape index (κ1) is 11.3. The first-order chi connectivity index (χ1) is 6.70. The second-order valence-electron chi connectivity index (χ2n) is 2.80. The van der Waals surface area contributed by atoms with Crippen molar-refractivity contribution in [1.29, 1.82) is 0 Å². The van der Waals surface area contributed by atoms with Crippen LogP contribution in [0.25, 0.3) is 0 Å². The normalized spacial score (nSPS) is 10.1. The summed E-state index contributed by atoms with van der Waals surface area (Å²) >= 11 is 6.59. The molecule has 14 heavy (non-hydrogen) atoms. The Bertz CT molecular complexity index is 276. The lowest BCUT2D eigenvalue weighted by Gasteiger charge is -2.15. The Labute approximate surface area is 92.8 Å². The van der Waals surface area contributed by atoms with Crippen molar-refractivity contribution < 1.29 is 4.52 Å². The third kappa shape index (κ3) is 3.97. The fourth-order valence-corrected chi connectivity index (χ4v) is 1.80. The molecule has 0 aliphatic heterocycles. The van der Waals surface area contributed by atoms with Crippen LogP contribution in [-0.4, -0.2) is 34.5 Å². The van der Waals surface area contributed by atoms with Crippen molar-refractivity contribution in [3.8, 4) is 0 Å². The summed E-state index contributed by atoms with van der Waals surface area (Å²) in [6.45, 7) is 0.859. The van der Waals surface area contributed by atoms with Crippen molar-refractivity contribution in [2.24, 2.45) is 5.73 Å². The molecule has 1 aromatic rings. The molecule has 0 saturated carbocycles. The Morgan fingerprint density at radius 3 is 3.14 bits per heavy atom. The number of aromatic nitrogens is 1. The van der Waals surface area contributed by atoms with Gasteiger partial charge in [0.25, 0.3) is 0 Å². The summed E-state index contributed by atoms with van der Waals surface area (Å²) in [7, 11) is 1.89. The van der Waals surface area contributed by atoms with Gasteiger partial charge in [0.1, 0.15) is 6.26 Å². The van der Waals surface area contributed by atoms with Gasteiger partial charge in [0.2, 0.25) is 0 Å². The molecular weight excluding hydrogens is 218 g/mol. The summed E-state index contributed by atoms with van der Waals surface area (Å²) in [6.07, 6.45) is 1.58. The largest absolute Gasteiger partial charge is 0.376 e. The summed E-state index contributed by atoms with van der Waals surface area (Å²) in [5.74, 6) is 1.84. The lowest BCUT2D eigenvalue weighted by atomic mass is 10.5. The molecule has 4 nitrogen and oxygen atoms in total. The van der Waals surface area contributed by atoms with E-state index in [4.69, 9.17) is 22.5 Å². The SMILES string of the molecule is CN(CCSCc1ccon1)C(N)=S. The number of nitrogens with zero attached hydrogens (tertiary/aromatic N) is 2. The molecule has 0 spiro atoms. The molecule has 0 unspecified atom stereocenters. The van der Waals surface area contributed by atoms with Crippen LogP contribution in [0.4, 0.5) is 0 Å². The topological polar surface area (TPSA) is 55.3 Å². The van der Waals surface area contributed by atoms with E-state index in [1.807, 2.05) is 18.0 Å². The Kier molecular flexibility index (Phi) is 4.75. The second-order valence-corrected chi connectivity index (χ2v) is 4.33. The molecule has 0 bridgehead atoms. The van der Waals surface area contributed by atoms with E-state index in [2.05, 4.69) is 5.16 Å². The predicted octanol–water partition coefficient (Wildman–Crippen LogP) is 1.08. The standard InChI is InChI=1S/C8H13N3OS2/c1-11(8(9)13)3-5-14-6-7-2-4-12-10-7/h2,4H,3,5-6H2,1H3,(H2,9,13). The number of thiocarbonyl (C=S) groups is 1. The Morgan fingerprint density at radius 2 is 2.57 bits per heavy atom. The second kappa shape index (κ2) is 5.87. The highest BCUT2D eigenvalue weighted by molar-refractivity contribution is 7.98. The van der Waals surface area contributed by atoms with Crippen molar-refractivity contribution in [3.05, 3.63) is 18.0 Å². The Morgan fingerprint density at radius 1 is 1.79 bits per heavy atom. The lowest BCUT2D eigenvalue weighted by Crippen LogP contribution is -2.33. The number of hydrogen-bond acceptors (Lipinski definition) is 4. The molecule has 1 aromatic heterocycles. The third-order valence-corrected chi connectivity index (χ3v) is 2.97. The monoisotopic (exact) mass is 231 g/mol. The van der Waals surface area contributed by atoms with E-state index in [1.165, 1.54) is 0 Å². The Balaban J connectivity index is 2.08. The van der Waals surface area contributed by atoms with Crippen molar-refractivity contribution >= 4 is 29.1 Å². The van der Waals surface area contributed by atoms with Gasteiger partial charge in [-0.3, -0.25) is 0 Å². The molecule has 0 aliphatic carbocycles. The van der Waals surface area contributed by atoms with Gasteiger partial charge in [-0.25, -0.2) is 0 Å². The smallest absolute Gasteiger partial charge is 0.166 e. The molecule has 0 amide bonds. The molecule has 0 aliphatic rings. The van der Waals surface area contributed by atoms with E-state index in [0.717, 1.165) is 23.7 Å². The molecular formula is C8H13N3OS2. The van der Waals surface area contributed by atoms with Crippen LogP contribution in [0.3, 0.4) is 0 Å². The molecule has 0 saturated heterocycles. The van der Waals surface area contributed by atoms with Crippen molar-refractivity contribution in [1.82, 2.24) is 10.1 Å². The number of nitrogens with two attached hydrogens (primary N) is 1. The predicted molar refractivity (Wildman–Crippen MR) is 62.1 cm³/mol. The van der Waals surface area contributed by atoms with E-state index in [1.54, 1.807) is 18.0 Å². The summed E-state index contributed by atoms with van der Waals surface area (Å²) in [6, 6.07) is 1.87. The average Bonchev–Trinajstić information content (AvgIpc) is 2.64. The van der Waals surface area contributed by atoms with E-state index in [9.17, 15) is 0 Å². The number of hydrogen-bond donors (Lipinski definition) is 1. The molecule has 6 heteroatoms. The van der Waals surface area contributed by atoms with Crippen molar-refractivity contribution in [3.63, 3.8) is 0 Å². The highest BCUT2D eigenvalue weighted by Crippen LogP contribution is 2.09. The van der Waals surface area contributed by atoms with Crippen LogP contribution < -0.4 is 5.73 Å². The van der Waals surface area contributed by atoms with Crippen LogP contribution in [-0.2, 0) is 5.75 Å². The van der Waals surface area contributed by atoms with Crippen LogP contribution in [0.5, 0.6) is 0 Å². The molecule has 2 N–H and O–H groups in total. The zero-order chi connectivity index (χ0) is 10.4. The summed E-state index contributed by atoms with van der Waals surface area (Å²) < 4.78 is 4.72. The van der Waals surface area contributed by atoms with Crippen molar-refractivity contribution in [2.45, 2.75) is 5.75 Å². The zero-order valence-corrected chi connectivity index (χ0v) is 9.61. The van der Waals surface area contributed by atoms with Gasteiger partial charge in [0.15, 0.2) is 5.11 Å². The maximum absolute atomic E-state index is 5.43. The van der Waals surface area contributed by atoms with Crippen molar-refractivity contribution in [2.75, 3.05) is 19.3 Å². The van der Waals surface area contributed by atoms with E-state index >= 15 is 0 Å². The van der Waals surface area contributed by atoms with E-state index in [-0.39, 0.29) is 0 Å². The summed E-state index contributed by atoms with van der Waals surface area (Å²) in [4.78, 5) is 1.85. The fourth-order valence-electron chi connectivity index (χ4n) is 0.800. The minimum Gasteiger partial charge on any atom is -0.376 e. The minimum atomic E-state index is 0.437. The van der Waals surface area contributed by atoms with Gasteiger partial charge in [0, 0.05) is 31.2 Å². The number of thioether (sulfide) groups is 1. The van der Waals surface area contributed by atoms with Crippen LogP contribution >= 0.6 is 24.0 Å². The minimum absolute atomic E-state index is 0.437. The van der Waals surface area contributed by atoms with Crippen LogP contribution in [0.15, 0.2) is 16.9 Å². The number of rotatable bonds is 5. The van der Waals surface area contributed by atoms with E-state index < -0.39 is 0 Å². The van der Waals surface area contributed by atoms with Crippen LogP contribution in [0.1, 0.15) is 5.69 Å². The highest BCUT2D eigenvalue weighted by Gasteiger charge is 2.00. The molecule has 78 valence electrons. The molecule has 0 aromatic carbocycles. The van der Waals surface area contributed by atoms with Gasteiger partial charge in [-0.1, -0.05) is 5.16 Å². The molecule has 0 atom stereocenters. The van der Waals surface area contributed by atoms with Gasteiger partial charge < -0.3 is 15.2 Å². The van der Waals surface area contributed by atoms with Crippen LogP contribution in [0, 0.1) is 0 Å². The van der Waals surface area contributed by atoms with Gasteiger partial charge in [-0.15, -0.1) is 0 Å². The van der Waals surface area contributed by atoms with Gasteiger partial charge >= 0.3 is 0 Å². The average molecular weight is 231 g/mol. The summed E-state index contributed by atoms with van der Waals surface area (Å²) in [5, 5.41) is 4.25. The maximum atomic E-state index is 5.43. The molecule has 0 radical (unpaired) electrons. The van der Waals surface area contributed by atoms with E-state index in [0.29, 0.717) is 5.11 Å². The third-order valence-electron chi connectivity index (χ3n) is 1.69. The summed E-state index contributed by atoms with van der Waals surface area (Å²) in [5.41, 5.74) is 6.40. The van der Waals surface area contributed by atoms with Gasteiger partial charge in [-0.05, 0) is 12.2 Å². The lowest BCUT2D eigenvalue weighted by molar-refractivity contribution is 0.414. The quantitative estimate of drug-likeness (QED) is 0.604. The highest BCUT2D eigenvalue weighted by atomic mass is 32.2. The zero-order valence-electron chi connectivity index (χ0n) is 7.97. The van der Waals surface area contributed by atoms with Crippen LogP contribution in [0.2, 0.25) is 0 Å². The molecule has 0 fully saturated rings. The first-order valence-electron chi connectivity index (χ1n) is 4.17. The van der Waals surface area contributed by atoms with Gasteiger partial charge in [-0.2, -0.15) is 11.8 Å².